The molecule has 68 valence electrons. The van der Waals surface area contributed by atoms with E-state index in [1.54, 1.807) is 11.8 Å². The maximum absolute atomic E-state index is 4.24. The van der Waals surface area contributed by atoms with Gasteiger partial charge in [0.05, 0.1) is 5.03 Å². The summed E-state index contributed by atoms with van der Waals surface area (Å²) in [7, 11) is 0. The third-order valence-corrected chi connectivity index (χ3v) is 2.77. The van der Waals surface area contributed by atoms with Gasteiger partial charge in [0.2, 0.25) is 0 Å². The maximum atomic E-state index is 4.24. The topological polar surface area (TPSA) is 12.9 Å². The Bertz CT molecular complexity index is 310. The number of hydrogen-bond acceptors (Lipinski definition) is 2. The maximum Gasteiger partial charge on any atom is 0.0960 e. The van der Waals surface area contributed by atoms with Crippen LogP contribution in [0, 0.1) is 11.8 Å². The number of halogens is 1. The number of hydrogen-bond donors (Lipinski definition) is 0. The normalized spacial score (nSPS) is 9.08. The summed E-state index contributed by atoms with van der Waals surface area (Å²) in [6.45, 7) is 1.86. The van der Waals surface area contributed by atoms with Gasteiger partial charge in [0.15, 0.2) is 0 Å². The van der Waals surface area contributed by atoms with Crippen molar-refractivity contribution in [2.45, 2.75) is 18.4 Å². The Hall–Kier alpha value is -0.460. The van der Waals surface area contributed by atoms with Gasteiger partial charge in [-0.05, 0) is 35.0 Å². The summed E-state index contributed by atoms with van der Waals surface area (Å²) in [4.78, 5) is 4.24. The SMILES string of the molecule is CC#CCCSc1ccc(Br)cn1. The van der Waals surface area contributed by atoms with E-state index in [4.69, 9.17) is 0 Å². The standard InChI is InChI=1S/C10H10BrNS/c1-2-3-4-7-13-10-6-5-9(11)8-12-10/h5-6,8H,4,7H2,1H3. The molecular formula is C10H10BrNS. The molecule has 0 N–H and O–H groups in total. The Labute approximate surface area is 91.5 Å². The van der Waals surface area contributed by atoms with Crippen LogP contribution in [0.5, 0.6) is 0 Å². The third-order valence-electron chi connectivity index (χ3n) is 1.35. The predicted octanol–water partition coefficient (Wildman–Crippen LogP) is 3.35. The lowest BCUT2D eigenvalue weighted by Gasteiger charge is -1.96. The molecule has 1 aromatic heterocycles. The fourth-order valence-corrected chi connectivity index (χ4v) is 1.72. The van der Waals surface area contributed by atoms with Crippen molar-refractivity contribution in [3.05, 3.63) is 22.8 Å². The fourth-order valence-electron chi connectivity index (χ4n) is 0.779. The van der Waals surface area contributed by atoms with Crippen LogP contribution in [0.1, 0.15) is 13.3 Å². The molecule has 0 bridgehead atoms. The monoisotopic (exact) mass is 255 g/mol. The van der Waals surface area contributed by atoms with E-state index in [0.717, 1.165) is 21.7 Å². The lowest BCUT2D eigenvalue weighted by atomic mass is 10.5. The van der Waals surface area contributed by atoms with Crippen molar-refractivity contribution in [3.63, 3.8) is 0 Å². The minimum absolute atomic E-state index is 0.929. The number of rotatable bonds is 3. The lowest BCUT2D eigenvalue weighted by molar-refractivity contribution is 1.12. The molecule has 0 fully saturated rings. The molecule has 3 heteroatoms. The van der Waals surface area contributed by atoms with Crippen LogP contribution in [-0.4, -0.2) is 10.7 Å². The number of pyridine rings is 1. The summed E-state index contributed by atoms with van der Waals surface area (Å²) in [5, 5.41) is 1.06. The average molecular weight is 256 g/mol. The number of thioether (sulfide) groups is 1. The van der Waals surface area contributed by atoms with Crippen molar-refractivity contribution in [1.29, 1.82) is 0 Å². The van der Waals surface area contributed by atoms with E-state index in [0.29, 0.717) is 0 Å². The Balaban J connectivity index is 2.36. The van der Waals surface area contributed by atoms with Crippen molar-refractivity contribution in [1.82, 2.24) is 4.98 Å². The molecule has 0 unspecified atom stereocenters. The molecular weight excluding hydrogens is 246 g/mol. The van der Waals surface area contributed by atoms with Gasteiger partial charge in [0.25, 0.3) is 0 Å². The van der Waals surface area contributed by atoms with E-state index in [1.165, 1.54) is 0 Å². The van der Waals surface area contributed by atoms with Crippen LogP contribution in [0.3, 0.4) is 0 Å². The van der Waals surface area contributed by atoms with Crippen molar-refractivity contribution in [2.75, 3.05) is 5.75 Å². The highest BCUT2D eigenvalue weighted by molar-refractivity contribution is 9.10. The van der Waals surface area contributed by atoms with Gasteiger partial charge < -0.3 is 0 Å². The molecule has 13 heavy (non-hydrogen) atoms. The molecule has 0 atom stereocenters. The van der Waals surface area contributed by atoms with E-state index < -0.39 is 0 Å². The minimum atomic E-state index is 0.929. The fraction of sp³-hybridized carbons (Fsp3) is 0.300. The molecule has 0 spiro atoms. The second-order valence-corrected chi connectivity index (χ2v) is 4.37. The number of aromatic nitrogens is 1. The zero-order valence-electron chi connectivity index (χ0n) is 7.38. The van der Waals surface area contributed by atoms with Crippen LogP contribution < -0.4 is 0 Å². The second kappa shape index (κ2) is 6.06. The Kier molecular flexibility index (Phi) is 4.95. The molecule has 0 aliphatic rings. The molecule has 1 heterocycles. The van der Waals surface area contributed by atoms with Crippen LogP contribution >= 0.6 is 27.7 Å². The Morgan fingerprint density at radius 1 is 1.54 bits per heavy atom. The van der Waals surface area contributed by atoms with Gasteiger partial charge in [-0.1, -0.05) is 0 Å². The van der Waals surface area contributed by atoms with Gasteiger partial charge >= 0.3 is 0 Å². The predicted molar refractivity (Wildman–Crippen MR) is 60.7 cm³/mol. The molecule has 1 aromatic rings. The Morgan fingerprint density at radius 3 is 3.00 bits per heavy atom. The summed E-state index contributed by atoms with van der Waals surface area (Å²) in [6, 6.07) is 4.01. The van der Waals surface area contributed by atoms with Gasteiger partial charge in [-0.25, -0.2) is 4.98 Å². The smallest absolute Gasteiger partial charge is 0.0960 e. The summed E-state index contributed by atoms with van der Waals surface area (Å²) in [6.07, 6.45) is 2.74. The van der Waals surface area contributed by atoms with Crippen molar-refractivity contribution in [2.24, 2.45) is 0 Å². The van der Waals surface area contributed by atoms with E-state index in [1.807, 2.05) is 25.3 Å². The first-order chi connectivity index (χ1) is 6.33. The van der Waals surface area contributed by atoms with Crippen LogP contribution in [0.25, 0.3) is 0 Å². The van der Waals surface area contributed by atoms with Crippen LogP contribution in [0.2, 0.25) is 0 Å². The molecule has 0 amide bonds. The first kappa shape index (κ1) is 10.6. The van der Waals surface area contributed by atoms with E-state index in [9.17, 15) is 0 Å². The molecule has 0 aromatic carbocycles. The highest BCUT2D eigenvalue weighted by Crippen LogP contribution is 2.17. The first-order valence-corrected chi connectivity index (χ1v) is 5.75. The lowest BCUT2D eigenvalue weighted by Crippen LogP contribution is -1.81. The Morgan fingerprint density at radius 2 is 2.38 bits per heavy atom. The van der Waals surface area contributed by atoms with Gasteiger partial charge in [-0.2, -0.15) is 0 Å². The summed E-state index contributed by atoms with van der Waals surface area (Å²) in [5.74, 6) is 6.90. The zero-order valence-corrected chi connectivity index (χ0v) is 9.78. The van der Waals surface area contributed by atoms with Crippen LogP contribution in [-0.2, 0) is 0 Å². The minimum Gasteiger partial charge on any atom is -0.249 e. The van der Waals surface area contributed by atoms with Crippen molar-refractivity contribution < 1.29 is 0 Å². The first-order valence-electron chi connectivity index (χ1n) is 3.97. The molecule has 0 aliphatic carbocycles. The van der Waals surface area contributed by atoms with Gasteiger partial charge in [-0.3, -0.25) is 0 Å². The highest BCUT2D eigenvalue weighted by atomic mass is 79.9. The van der Waals surface area contributed by atoms with Crippen LogP contribution in [0.15, 0.2) is 27.8 Å². The molecule has 0 radical (unpaired) electrons. The number of nitrogens with zero attached hydrogens (tertiary/aromatic N) is 1. The van der Waals surface area contributed by atoms with E-state index in [2.05, 4.69) is 32.8 Å². The van der Waals surface area contributed by atoms with Crippen molar-refractivity contribution >= 4 is 27.7 Å². The molecule has 0 saturated heterocycles. The van der Waals surface area contributed by atoms with E-state index >= 15 is 0 Å². The average Bonchev–Trinajstić information content (AvgIpc) is 2.15. The van der Waals surface area contributed by atoms with Gasteiger partial charge in [0, 0.05) is 22.8 Å². The van der Waals surface area contributed by atoms with Gasteiger partial charge in [-0.15, -0.1) is 23.6 Å². The quantitative estimate of drug-likeness (QED) is 0.467. The van der Waals surface area contributed by atoms with Crippen molar-refractivity contribution in [3.8, 4) is 11.8 Å². The summed E-state index contributed by atoms with van der Waals surface area (Å²) < 4.78 is 1.02. The molecule has 1 rings (SSSR count). The summed E-state index contributed by atoms with van der Waals surface area (Å²) in [5.41, 5.74) is 0. The van der Waals surface area contributed by atoms with E-state index in [-0.39, 0.29) is 0 Å². The van der Waals surface area contributed by atoms with Gasteiger partial charge in [0.1, 0.15) is 0 Å². The molecule has 0 saturated carbocycles. The summed E-state index contributed by atoms with van der Waals surface area (Å²) >= 11 is 5.08. The third kappa shape index (κ3) is 4.35. The molecule has 0 aliphatic heterocycles. The van der Waals surface area contributed by atoms with Crippen LogP contribution in [0.4, 0.5) is 0 Å². The zero-order chi connectivity index (χ0) is 9.52. The molecule has 1 nitrogen and oxygen atoms in total. The second-order valence-electron chi connectivity index (χ2n) is 2.34. The highest BCUT2D eigenvalue weighted by Gasteiger charge is 1.93. The largest absolute Gasteiger partial charge is 0.249 e.